The molecule has 0 aliphatic heterocycles. The number of nitrogens with two attached hydrogens (primary N) is 1. The highest BCUT2D eigenvalue weighted by Gasteiger charge is 2.20. The van der Waals surface area contributed by atoms with Crippen molar-refractivity contribution in [3.8, 4) is 0 Å². The van der Waals surface area contributed by atoms with E-state index in [1.165, 1.54) is 36.8 Å². The average Bonchev–Trinajstić information content (AvgIpc) is 2.34. The number of rotatable bonds is 4. The van der Waals surface area contributed by atoms with Crippen molar-refractivity contribution in [3.63, 3.8) is 0 Å². The summed E-state index contributed by atoms with van der Waals surface area (Å²) < 4.78 is 0. The van der Waals surface area contributed by atoms with E-state index in [4.69, 9.17) is 5.73 Å². The number of benzene rings is 1. The van der Waals surface area contributed by atoms with E-state index in [9.17, 15) is 0 Å². The normalized spacial score (nSPS) is 24.8. The zero-order chi connectivity index (χ0) is 12.1. The van der Waals surface area contributed by atoms with Gasteiger partial charge in [0.2, 0.25) is 0 Å². The van der Waals surface area contributed by atoms with Crippen molar-refractivity contribution in [2.75, 3.05) is 6.54 Å². The Labute approximate surface area is 105 Å². The monoisotopic (exact) mass is 232 g/mol. The van der Waals surface area contributed by atoms with E-state index in [1.807, 2.05) is 0 Å². The second-order valence-corrected chi connectivity index (χ2v) is 5.19. The van der Waals surface area contributed by atoms with Gasteiger partial charge in [0.15, 0.2) is 0 Å². The molecule has 1 aromatic rings. The molecule has 2 nitrogen and oxygen atoms in total. The molecule has 0 aromatic heterocycles. The highest BCUT2D eigenvalue weighted by molar-refractivity contribution is 5.25. The summed E-state index contributed by atoms with van der Waals surface area (Å²) in [5.74, 6) is 0. The summed E-state index contributed by atoms with van der Waals surface area (Å²) in [7, 11) is 0. The van der Waals surface area contributed by atoms with Crippen LogP contribution in [0.15, 0.2) is 24.3 Å². The van der Waals surface area contributed by atoms with Gasteiger partial charge in [-0.05, 0) is 43.9 Å². The van der Waals surface area contributed by atoms with Crippen LogP contribution < -0.4 is 11.1 Å². The van der Waals surface area contributed by atoms with Crippen LogP contribution in [0.5, 0.6) is 0 Å². The number of aryl methyl sites for hydroxylation is 1. The minimum atomic E-state index is 0.362. The molecule has 1 aromatic carbocycles. The molecule has 3 N–H and O–H groups in total. The molecule has 2 unspecified atom stereocenters. The van der Waals surface area contributed by atoms with Crippen molar-refractivity contribution < 1.29 is 0 Å². The fourth-order valence-electron chi connectivity index (χ4n) is 2.70. The van der Waals surface area contributed by atoms with Gasteiger partial charge in [-0.15, -0.1) is 0 Å². The highest BCUT2D eigenvalue weighted by atomic mass is 14.9. The minimum absolute atomic E-state index is 0.362. The summed E-state index contributed by atoms with van der Waals surface area (Å²) in [6.45, 7) is 3.23. The fourth-order valence-corrected chi connectivity index (χ4v) is 2.70. The van der Waals surface area contributed by atoms with Gasteiger partial charge in [-0.2, -0.15) is 0 Å². The van der Waals surface area contributed by atoms with Gasteiger partial charge in [-0.1, -0.05) is 37.1 Å². The van der Waals surface area contributed by atoms with Gasteiger partial charge in [0.05, 0.1) is 0 Å². The van der Waals surface area contributed by atoms with Gasteiger partial charge >= 0.3 is 0 Å². The fraction of sp³-hybridized carbons (Fsp3) is 0.600. The van der Waals surface area contributed by atoms with Crippen LogP contribution in [0, 0.1) is 6.92 Å². The molecule has 1 fully saturated rings. The topological polar surface area (TPSA) is 38.0 Å². The summed E-state index contributed by atoms with van der Waals surface area (Å²) in [4.78, 5) is 0. The molecule has 2 atom stereocenters. The Kier molecular flexibility index (Phi) is 4.57. The van der Waals surface area contributed by atoms with Crippen LogP contribution in [0.4, 0.5) is 0 Å². The summed E-state index contributed by atoms with van der Waals surface area (Å²) in [6, 6.07) is 9.52. The van der Waals surface area contributed by atoms with Crippen LogP contribution in [0.25, 0.3) is 0 Å². The lowest BCUT2D eigenvalue weighted by Crippen LogP contribution is -2.47. The average molecular weight is 232 g/mol. The molecular formula is C15H24N2. The van der Waals surface area contributed by atoms with E-state index in [-0.39, 0.29) is 0 Å². The van der Waals surface area contributed by atoms with Gasteiger partial charge < -0.3 is 11.1 Å². The van der Waals surface area contributed by atoms with Crippen LogP contribution in [0.1, 0.15) is 36.8 Å². The lowest BCUT2D eigenvalue weighted by atomic mass is 9.91. The molecule has 1 aliphatic carbocycles. The molecule has 0 amide bonds. The van der Waals surface area contributed by atoms with Crippen LogP contribution in [0.3, 0.4) is 0 Å². The summed E-state index contributed by atoms with van der Waals surface area (Å²) >= 11 is 0. The summed E-state index contributed by atoms with van der Waals surface area (Å²) in [5.41, 5.74) is 8.97. The van der Waals surface area contributed by atoms with Gasteiger partial charge in [0.25, 0.3) is 0 Å². The van der Waals surface area contributed by atoms with E-state index in [0.717, 1.165) is 13.0 Å². The van der Waals surface area contributed by atoms with Crippen molar-refractivity contribution in [2.24, 2.45) is 5.73 Å². The van der Waals surface area contributed by atoms with Gasteiger partial charge in [0.1, 0.15) is 0 Å². The Balaban J connectivity index is 1.77. The van der Waals surface area contributed by atoms with E-state index in [0.29, 0.717) is 12.1 Å². The first-order chi connectivity index (χ1) is 8.27. The smallest absolute Gasteiger partial charge is 0.0219 e. The standard InChI is InChI=1S/C15H24N2/c1-12-6-2-3-7-13(12)10-11-17-15-9-5-4-8-14(15)16/h2-3,6-7,14-15,17H,4-5,8-11,16H2,1H3. The van der Waals surface area contributed by atoms with Crippen molar-refractivity contribution in [1.82, 2.24) is 5.32 Å². The minimum Gasteiger partial charge on any atom is -0.326 e. The third-order valence-electron chi connectivity index (χ3n) is 3.88. The molecule has 0 heterocycles. The van der Waals surface area contributed by atoms with Crippen molar-refractivity contribution >= 4 is 0 Å². The Morgan fingerprint density at radius 3 is 2.76 bits per heavy atom. The van der Waals surface area contributed by atoms with Crippen molar-refractivity contribution in [1.29, 1.82) is 0 Å². The van der Waals surface area contributed by atoms with Crippen LogP contribution in [-0.4, -0.2) is 18.6 Å². The second kappa shape index (κ2) is 6.18. The van der Waals surface area contributed by atoms with Gasteiger partial charge in [0, 0.05) is 12.1 Å². The molecule has 0 saturated heterocycles. The van der Waals surface area contributed by atoms with E-state index in [1.54, 1.807) is 0 Å². The maximum absolute atomic E-state index is 6.13. The molecule has 0 bridgehead atoms. The largest absolute Gasteiger partial charge is 0.326 e. The van der Waals surface area contributed by atoms with E-state index in [2.05, 4.69) is 36.5 Å². The first-order valence-electron chi connectivity index (χ1n) is 6.81. The molecule has 2 heteroatoms. The van der Waals surface area contributed by atoms with E-state index >= 15 is 0 Å². The molecule has 94 valence electrons. The zero-order valence-electron chi connectivity index (χ0n) is 10.8. The Hall–Kier alpha value is -0.860. The van der Waals surface area contributed by atoms with Crippen LogP contribution >= 0.6 is 0 Å². The SMILES string of the molecule is Cc1ccccc1CCNC1CCCCC1N. The molecule has 0 spiro atoms. The quantitative estimate of drug-likeness (QED) is 0.836. The first-order valence-corrected chi connectivity index (χ1v) is 6.81. The number of hydrogen-bond donors (Lipinski definition) is 2. The zero-order valence-corrected chi connectivity index (χ0v) is 10.8. The Morgan fingerprint density at radius 1 is 1.24 bits per heavy atom. The van der Waals surface area contributed by atoms with Crippen LogP contribution in [0.2, 0.25) is 0 Å². The maximum Gasteiger partial charge on any atom is 0.0219 e. The third kappa shape index (κ3) is 3.55. The Morgan fingerprint density at radius 2 is 2.00 bits per heavy atom. The highest BCUT2D eigenvalue weighted by Crippen LogP contribution is 2.17. The predicted octanol–water partition coefficient (Wildman–Crippen LogP) is 2.40. The lowest BCUT2D eigenvalue weighted by molar-refractivity contribution is 0.329. The molecule has 0 radical (unpaired) electrons. The first kappa shape index (κ1) is 12.6. The molecule has 2 rings (SSSR count). The molecule has 1 saturated carbocycles. The number of nitrogens with one attached hydrogen (secondary N) is 1. The lowest BCUT2D eigenvalue weighted by Gasteiger charge is -2.29. The van der Waals surface area contributed by atoms with E-state index < -0.39 is 0 Å². The van der Waals surface area contributed by atoms with Crippen LogP contribution in [-0.2, 0) is 6.42 Å². The Bertz CT molecular complexity index is 349. The van der Waals surface area contributed by atoms with Crippen molar-refractivity contribution in [2.45, 2.75) is 51.1 Å². The third-order valence-corrected chi connectivity index (χ3v) is 3.88. The summed E-state index contributed by atoms with van der Waals surface area (Å²) in [6.07, 6.45) is 6.17. The number of hydrogen-bond acceptors (Lipinski definition) is 2. The predicted molar refractivity (Wildman–Crippen MR) is 73.1 cm³/mol. The molecule has 17 heavy (non-hydrogen) atoms. The summed E-state index contributed by atoms with van der Waals surface area (Å²) in [5, 5.41) is 3.62. The molecular weight excluding hydrogens is 208 g/mol. The maximum atomic E-state index is 6.13. The second-order valence-electron chi connectivity index (χ2n) is 5.19. The van der Waals surface area contributed by atoms with Crippen molar-refractivity contribution in [3.05, 3.63) is 35.4 Å². The van der Waals surface area contributed by atoms with Gasteiger partial charge in [-0.3, -0.25) is 0 Å². The van der Waals surface area contributed by atoms with Gasteiger partial charge in [-0.25, -0.2) is 0 Å². The molecule has 1 aliphatic rings.